The number of hydrogen-bond donors (Lipinski definition) is 6. The second kappa shape index (κ2) is 11.2. The highest BCUT2D eigenvalue weighted by atomic mass is 16.4. The van der Waals surface area contributed by atoms with Gasteiger partial charge in [-0.2, -0.15) is 0 Å². The van der Waals surface area contributed by atoms with Crippen molar-refractivity contribution >= 4 is 23.5 Å². The monoisotopic (exact) mass is 490 g/mol. The molecule has 3 aliphatic rings. The van der Waals surface area contributed by atoms with Gasteiger partial charge in [0.2, 0.25) is 11.6 Å². The van der Waals surface area contributed by atoms with Gasteiger partial charge in [-0.3, -0.25) is 9.59 Å². The zero-order chi connectivity index (χ0) is 25.9. The maximum absolute atomic E-state index is 13.5. The van der Waals surface area contributed by atoms with Gasteiger partial charge in [-0.05, 0) is 63.9 Å². The molecular weight excluding hydrogens is 456 g/mol. The first-order chi connectivity index (χ1) is 16.5. The number of allylic oxidation sites excluding steroid dienone is 4. The Morgan fingerprint density at radius 1 is 0.943 bits per heavy atom. The van der Waals surface area contributed by atoms with Gasteiger partial charge in [-0.15, -0.1) is 0 Å². The molecule has 2 fully saturated rings. The molecule has 0 amide bonds. The van der Waals surface area contributed by atoms with Crippen LogP contribution in [0.15, 0.2) is 34.7 Å². The second-order valence-corrected chi connectivity index (χ2v) is 9.70. The van der Waals surface area contributed by atoms with Crippen LogP contribution in [-0.2, 0) is 19.2 Å². The van der Waals surface area contributed by atoms with Crippen molar-refractivity contribution < 1.29 is 39.6 Å². The van der Waals surface area contributed by atoms with Crippen LogP contribution in [0.1, 0.15) is 58.8 Å². The SMILES string of the molecule is C[C@@H](O)[C@H](NC1=CC(=O)C(N[C@H](C(=O)O)[C@@H](C)O)=C(/C=C2\CCCC3CCCCC23)C1=O)C(=O)O. The number of carbonyl (C=O) groups excluding carboxylic acids is 2. The van der Waals surface area contributed by atoms with E-state index in [0.29, 0.717) is 5.92 Å². The largest absolute Gasteiger partial charge is 0.480 e. The lowest BCUT2D eigenvalue weighted by atomic mass is 9.68. The molecule has 2 unspecified atom stereocenters. The minimum atomic E-state index is -1.53. The number of carboxylic acids is 2. The number of nitrogens with one attached hydrogen (secondary N) is 2. The third-order valence-corrected chi connectivity index (χ3v) is 7.14. The van der Waals surface area contributed by atoms with Gasteiger partial charge in [0.25, 0.3) is 0 Å². The van der Waals surface area contributed by atoms with Crippen molar-refractivity contribution in [3.05, 3.63) is 34.7 Å². The predicted molar refractivity (Wildman–Crippen MR) is 125 cm³/mol. The third-order valence-electron chi connectivity index (χ3n) is 7.14. The number of ketones is 2. The number of aliphatic carboxylic acids is 2. The average Bonchev–Trinajstić information content (AvgIpc) is 2.79. The molecule has 0 aromatic carbocycles. The van der Waals surface area contributed by atoms with Crippen LogP contribution in [0, 0.1) is 11.8 Å². The lowest BCUT2D eigenvalue weighted by Crippen LogP contribution is -2.49. The predicted octanol–water partition coefficient (Wildman–Crippen LogP) is 1.04. The molecule has 192 valence electrons. The zero-order valence-corrected chi connectivity index (χ0v) is 20.0. The highest BCUT2D eigenvalue weighted by molar-refractivity contribution is 6.23. The first-order valence-electron chi connectivity index (χ1n) is 12.1. The highest BCUT2D eigenvalue weighted by Crippen LogP contribution is 2.44. The summed E-state index contributed by atoms with van der Waals surface area (Å²) < 4.78 is 0. The highest BCUT2D eigenvalue weighted by Gasteiger charge is 2.37. The first-order valence-corrected chi connectivity index (χ1v) is 12.1. The standard InChI is InChI=1S/C25H34N2O8/c1-12(28)20(24(32)33)26-18-11-19(30)22(27-21(13(2)29)25(34)35)17(23(18)31)10-15-8-5-7-14-6-3-4-9-16(14)15/h10-14,16,20-21,26-29H,3-9H2,1-2H3,(H,32,33)(H,34,35)/b15-10+/t12-,13-,14?,16?,20+,21+/m1/s1. The Morgan fingerprint density at radius 2 is 1.51 bits per heavy atom. The molecule has 6 atom stereocenters. The van der Waals surface area contributed by atoms with Crippen molar-refractivity contribution in [1.29, 1.82) is 0 Å². The molecule has 0 aromatic rings. The molecule has 3 rings (SSSR count). The Morgan fingerprint density at radius 3 is 2.11 bits per heavy atom. The smallest absolute Gasteiger partial charge is 0.328 e. The van der Waals surface area contributed by atoms with E-state index in [2.05, 4.69) is 10.6 Å². The van der Waals surface area contributed by atoms with E-state index in [1.807, 2.05) is 0 Å². The molecule has 0 aromatic heterocycles. The molecule has 0 aliphatic heterocycles. The van der Waals surface area contributed by atoms with E-state index >= 15 is 0 Å². The Kier molecular flexibility index (Phi) is 8.50. The van der Waals surface area contributed by atoms with Crippen LogP contribution in [-0.4, -0.2) is 68.2 Å². The molecule has 0 heterocycles. The second-order valence-electron chi connectivity index (χ2n) is 9.70. The van der Waals surface area contributed by atoms with Gasteiger partial charge in [0.05, 0.1) is 29.2 Å². The molecule has 0 radical (unpaired) electrons. The molecule has 0 bridgehead atoms. The molecule has 3 aliphatic carbocycles. The zero-order valence-electron chi connectivity index (χ0n) is 20.0. The molecular formula is C25H34N2O8. The molecule has 10 nitrogen and oxygen atoms in total. The maximum atomic E-state index is 13.5. The minimum absolute atomic E-state index is 0.0668. The number of carboxylic acid groups (broad SMARTS) is 2. The van der Waals surface area contributed by atoms with Gasteiger partial charge in [-0.1, -0.05) is 18.4 Å². The summed E-state index contributed by atoms with van der Waals surface area (Å²) in [6.45, 7) is 2.51. The summed E-state index contributed by atoms with van der Waals surface area (Å²) in [6, 6.07) is -3.06. The summed E-state index contributed by atoms with van der Waals surface area (Å²) in [6.07, 6.45) is 6.94. The number of carbonyl (C=O) groups is 4. The Labute approximate surface area is 203 Å². The van der Waals surface area contributed by atoms with E-state index in [4.69, 9.17) is 0 Å². The normalized spacial score (nSPS) is 27.4. The lowest BCUT2D eigenvalue weighted by molar-refractivity contribution is -0.143. The van der Waals surface area contributed by atoms with E-state index in [9.17, 15) is 39.6 Å². The number of Topliss-reactive ketones (excluding diaryl/α,β-unsaturated/α-hetero) is 1. The van der Waals surface area contributed by atoms with Crippen molar-refractivity contribution in [3.63, 3.8) is 0 Å². The number of fused-ring (bicyclic) bond motifs is 1. The van der Waals surface area contributed by atoms with E-state index in [1.165, 1.54) is 13.8 Å². The van der Waals surface area contributed by atoms with Gasteiger partial charge in [0, 0.05) is 6.08 Å². The maximum Gasteiger partial charge on any atom is 0.328 e. The summed E-state index contributed by atoms with van der Waals surface area (Å²) in [5, 5.41) is 43.7. The summed E-state index contributed by atoms with van der Waals surface area (Å²) >= 11 is 0. The van der Waals surface area contributed by atoms with E-state index in [0.717, 1.165) is 56.6 Å². The van der Waals surface area contributed by atoms with Crippen LogP contribution < -0.4 is 10.6 Å². The van der Waals surface area contributed by atoms with Crippen LogP contribution in [0.4, 0.5) is 0 Å². The van der Waals surface area contributed by atoms with Crippen LogP contribution in [0.3, 0.4) is 0 Å². The number of rotatable bonds is 9. The number of hydrogen-bond acceptors (Lipinski definition) is 8. The third kappa shape index (κ3) is 5.99. The van der Waals surface area contributed by atoms with Crippen molar-refractivity contribution in [2.24, 2.45) is 11.8 Å². The Balaban J connectivity index is 2.05. The fourth-order valence-corrected chi connectivity index (χ4v) is 5.31. The molecule has 35 heavy (non-hydrogen) atoms. The molecule has 0 spiro atoms. The molecule has 2 saturated carbocycles. The van der Waals surface area contributed by atoms with Crippen LogP contribution in [0.2, 0.25) is 0 Å². The van der Waals surface area contributed by atoms with Crippen molar-refractivity contribution in [2.75, 3.05) is 0 Å². The van der Waals surface area contributed by atoms with Crippen LogP contribution >= 0.6 is 0 Å². The summed E-state index contributed by atoms with van der Waals surface area (Å²) in [5.41, 5.74) is 0.415. The molecule has 0 saturated heterocycles. The van der Waals surface area contributed by atoms with Crippen molar-refractivity contribution in [2.45, 2.75) is 83.1 Å². The molecule has 10 heteroatoms. The summed E-state index contributed by atoms with van der Waals surface area (Å²) in [7, 11) is 0. The van der Waals surface area contributed by atoms with E-state index in [-0.39, 0.29) is 22.9 Å². The van der Waals surface area contributed by atoms with Crippen molar-refractivity contribution in [3.8, 4) is 0 Å². The molecule has 6 N–H and O–H groups in total. The average molecular weight is 491 g/mol. The summed E-state index contributed by atoms with van der Waals surface area (Å²) in [5.74, 6) is -3.42. The fourth-order valence-electron chi connectivity index (χ4n) is 5.31. The van der Waals surface area contributed by atoms with Gasteiger partial charge in [0.15, 0.2) is 12.1 Å². The van der Waals surface area contributed by atoms with Gasteiger partial charge in [0.1, 0.15) is 0 Å². The lowest BCUT2D eigenvalue weighted by Gasteiger charge is -2.38. The Hall–Kier alpha value is -2.98. The van der Waals surface area contributed by atoms with Crippen LogP contribution in [0.25, 0.3) is 0 Å². The summed E-state index contributed by atoms with van der Waals surface area (Å²) in [4.78, 5) is 49.8. The van der Waals surface area contributed by atoms with Gasteiger partial charge >= 0.3 is 11.9 Å². The minimum Gasteiger partial charge on any atom is -0.480 e. The topological polar surface area (TPSA) is 173 Å². The number of aliphatic hydroxyl groups excluding tert-OH is 2. The van der Waals surface area contributed by atoms with Gasteiger partial charge in [-0.25, -0.2) is 9.59 Å². The quantitative estimate of drug-likeness (QED) is 0.256. The fraction of sp³-hybridized carbons (Fsp3) is 0.600. The number of aliphatic hydroxyl groups is 2. The Bertz CT molecular complexity index is 976. The van der Waals surface area contributed by atoms with Crippen molar-refractivity contribution in [1.82, 2.24) is 10.6 Å². The van der Waals surface area contributed by atoms with Gasteiger partial charge < -0.3 is 31.1 Å². The van der Waals surface area contributed by atoms with E-state index < -0.39 is 47.8 Å². The van der Waals surface area contributed by atoms with Crippen LogP contribution in [0.5, 0.6) is 0 Å². The first kappa shape index (κ1) is 26.6. The van der Waals surface area contributed by atoms with E-state index in [1.54, 1.807) is 6.08 Å².